The number of rotatable bonds is 11. The Morgan fingerprint density at radius 3 is 1.57 bits per heavy atom. The lowest BCUT2D eigenvalue weighted by Crippen LogP contribution is -2.51. The Bertz CT molecular complexity index is 2230. The van der Waals surface area contributed by atoms with Crippen molar-refractivity contribution in [3.05, 3.63) is 71.6 Å². The number of aromatic amines is 2. The van der Waals surface area contributed by atoms with Crippen LogP contribution in [0.15, 0.2) is 48.8 Å². The van der Waals surface area contributed by atoms with Gasteiger partial charge in [0.2, 0.25) is 11.8 Å². The van der Waals surface area contributed by atoms with Crippen molar-refractivity contribution in [1.29, 1.82) is 0 Å². The van der Waals surface area contributed by atoms with Gasteiger partial charge in [0.15, 0.2) is 0 Å². The summed E-state index contributed by atoms with van der Waals surface area (Å²) in [6.45, 7) is 8.78. The number of nitrogens with one attached hydrogen (secondary N) is 4. The minimum absolute atomic E-state index is 0.112. The number of ether oxygens (including phenoxy) is 2. The van der Waals surface area contributed by atoms with Gasteiger partial charge in [-0.3, -0.25) is 9.59 Å². The van der Waals surface area contributed by atoms with Gasteiger partial charge in [-0.15, -0.1) is 23.5 Å². The van der Waals surface area contributed by atoms with E-state index in [1.807, 2.05) is 45.0 Å². The van der Waals surface area contributed by atoms with Gasteiger partial charge in [0, 0.05) is 30.2 Å². The Labute approximate surface area is 359 Å². The van der Waals surface area contributed by atoms with Gasteiger partial charge in [-0.1, -0.05) is 64.1 Å². The number of fused-ring (bicyclic) bond motifs is 2. The van der Waals surface area contributed by atoms with Gasteiger partial charge >= 0.3 is 12.2 Å². The van der Waals surface area contributed by atoms with Gasteiger partial charge in [-0.2, -0.15) is 0 Å². The summed E-state index contributed by atoms with van der Waals surface area (Å²) < 4.78 is 9.59. The molecule has 4 N–H and O–H groups in total. The maximum Gasteiger partial charge on any atom is 0.407 e. The number of imidazole rings is 2. The molecule has 14 nitrogen and oxygen atoms in total. The first-order valence-corrected chi connectivity index (χ1v) is 23.0. The van der Waals surface area contributed by atoms with Crippen molar-refractivity contribution in [3.8, 4) is 33.6 Å². The van der Waals surface area contributed by atoms with Crippen LogP contribution in [-0.2, 0) is 19.1 Å². The van der Waals surface area contributed by atoms with Crippen molar-refractivity contribution in [2.75, 3.05) is 38.8 Å². The molecule has 16 heteroatoms. The van der Waals surface area contributed by atoms with E-state index in [0.717, 1.165) is 39.8 Å². The van der Waals surface area contributed by atoms with E-state index in [9.17, 15) is 19.2 Å². The molecule has 5 aliphatic rings. The zero-order chi connectivity index (χ0) is 42.2. The smallest absolute Gasteiger partial charge is 0.407 e. The fraction of sp³-hybridized carbons (Fsp3) is 0.500. The molecule has 1 saturated carbocycles. The number of methoxy groups -OCH3 is 2. The fourth-order valence-electron chi connectivity index (χ4n) is 9.31. The average molecular weight is 855 g/mol. The van der Waals surface area contributed by atoms with Crippen LogP contribution in [0.1, 0.15) is 98.7 Å². The maximum absolute atomic E-state index is 13.8. The van der Waals surface area contributed by atoms with Crippen molar-refractivity contribution in [2.24, 2.45) is 11.8 Å². The number of carbonyl (C=O) groups excluding carboxylic acids is 4. The minimum atomic E-state index is -0.700. The number of hydrogen-bond acceptors (Lipinski definition) is 10. The molecule has 318 valence electrons. The second-order valence-electron chi connectivity index (χ2n) is 16.7. The minimum Gasteiger partial charge on any atom is -0.453 e. The first-order chi connectivity index (χ1) is 29.0. The number of hydrogen-bond donors (Lipinski definition) is 4. The normalized spacial score (nSPS) is 21.9. The van der Waals surface area contributed by atoms with E-state index in [1.165, 1.54) is 62.2 Å². The first kappa shape index (κ1) is 41.8. The average Bonchev–Trinajstić information content (AvgIpc) is 4.11. The Hall–Kier alpha value is -4.96. The van der Waals surface area contributed by atoms with Gasteiger partial charge < -0.3 is 39.9 Å². The van der Waals surface area contributed by atoms with Crippen molar-refractivity contribution >= 4 is 47.5 Å². The van der Waals surface area contributed by atoms with E-state index in [1.54, 1.807) is 28.4 Å². The van der Waals surface area contributed by atoms with Crippen molar-refractivity contribution in [2.45, 2.75) is 88.0 Å². The third-order valence-corrected chi connectivity index (χ3v) is 14.8. The summed E-state index contributed by atoms with van der Waals surface area (Å²) in [5.74, 6) is 3.42. The standard InChI is InChI=1S/C44H54N8O6S2/c1-23(2)35(49-43(55)57-5)39(53)51-17-19-59-41(51)37-45-21-31(47-37)26-9-7-25(8-10-26)29-15-16-30(34-28-13-11-27(12-14-28)33(29)34)32-22-46-38(48-32)42-52(18-20-60-42)40(54)36(24(3)4)50-44(56)58-6/h7-10,15-16,21-24,27-28,35-36,41-42H,11-14,17-20H2,1-6H3,(H,45,47)(H,46,48)(H,49,55)(H,50,56)/t27?,28?,35-,36-,41-,42-/m0/s1. The van der Waals surface area contributed by atoms with Crippen LogP contribution in [0.3, 0.4) is 0 Å². The van der Waals surface area contributed by atoms with Crippen LogP contribution in [0.5, 0.6) is 0 Å². The van der Waals surface area contributed by atoms with E-state index in [4.69, 9.17) is 19.4 Å². The lowest BCUT2D eigenvalue weighted by atomic mass is 9.64. The summed E-state index contributed by atoms with van der Waals surface area (Å²) in [4.78, 5) is 71.9. The summed E-state index contributed by atoms with van der Waals surface area (Å²) in [5.41, 5.74) is 9.28. The molecular weight excluding hydrogens is 801 g/mol. The molecular formula is C44H54N8O6S2. The Balaban J connectivity index is 1.03. The van der Waals surface area contributed by atoms with Gasteiger partial charge in [0.05, 0.1) is 38.0 Å². The third-order valence-electron chi connectivity index (χ3n) is 12.4. The molecule has 60 heavy (non-hydrogen) atoms. The van der Waals surface area contributed by atoms with Gasteiger partial charge in [-0.25, -0.2) is 19.6 Å². The molecule has 4 amide bonds. The molecule has 4 atom stereocenters. The lowest BCUT2D eigenvalue weighted by Gasteiger charge is -2.41. The summed E-state index contributed by atoms with van der Waals surface area (Å²) >= 11 is 3.33. The van der Waals surface area contributed by atoms with Crippen molar-refractivity contribution in [1.82, 2.24) is 40.4 Å². The highest BCUT2D eigenvalue weighted by Gasteiger charge is 2.41. The van der Waals surface area contributed by atoms with Crippen LogP contribution in [0.2, 0.25) is 0 Å². The van der Waals surface area contributed by atoms with E-state index >= 15 is 0 Å². The zero-order valence-electron chi connectivity index (χ0n) is 34.9. The number of H-pyrrole nitrogens is 2. The molecule has 0 radical (unpaired) electrons. The first-order valence-electron chi connectivity index (χ1n) is 20.9. The highest BCUT2D eigenvalue weighted by Crippen LogP contribution is 2.55. The Morgan fingerprint density at radius 1 is 0.650 bits per heavy atom. The second kappa shape index (κ2) is 17.6. The van der Waals surface area contributed by atoms with E-state index < -0.39 is 24.3 Å². The summed E-state index contributed by atoms with van der Waals surface area (Å²) in [5, 5.41) is 4.87. The summed E-state index contributed by atoms with van der Waals surface area (Å²) in [6, 6.07) is 11.7. The molecule has 0 unspecified atom stereocenters. The summed E-state index contributed by atoms with van der Waals surface area (Å²) in [6.07, 6.45) is 7.19. The molecule has 0 spiro atoms. The molecule has 4 aromatic rings. The number of alkyl carbamates (subject to hydrolysis) is 2. The van der Waals surface area contributed by atoms with Crippen LogP contribution in [0.25, 0.3) is 33.6 Å². The van der Waals surface area contributed by atoms with E-state index in [2.05, 4.69) is 57.0 Å². The predicted octanol–water partition coefficient (Wildman–Crippen LogP) is 7.80. The van der Waals surface area contributed by atoms with Gasteiger partial charge in [0.1, 0.15) is 34.5 Å². The zero-order valence-corrected chi connectivity index (χ0v) is 36.6. The molecule has 9 rings (SSSR count). The largest absolute Gasteiger partial charge is 0.453 e. The quantitative estimate of drug-likeness (QED) is 0.117. The van der Waals surface area contributed by atoms with Crippen molar-refractivity contribution in [3.63, 3.8) is 0 Å². The van der Waals surface area contributed by atoms with Crippen LogP contribution in [0, 0.1) is 11.8 Å². The molecule has 3 fully saturated rings. The topological polar surface area (TPSA) is 175 Å². The Kier molecular flexibility index (Phi) is 12.2. The number of benzene rings is 2. The Morgan fingerprint density at radius 2 is 1.08 bits per heavy atom. The molecule has 2 saturated heterocycles. The van der Waals surface area contributed by atoms with Crippen LogP contribution in [0.4, 0.5) is 9.59 Å². The van der Waals surface area contributed by atoms with E-state index in [0.29, 0.717) is 30.7 Å². The molecule has 4 heterocycles. The highest BCUT2D eigenvalue weighted by molar-refractivity contribution is 8.00. The fourth-order valence-corrected chi connectivity index (χ4v) is 11.7. The second-order valence-corrected chi connectivity index (χ2v) is 19.1. The van der Waals surface area contributed by atoms with E-state index in [-0.39, 0.29) is 34.4 Å². The van der Waals surface area contributed by atoms with Crippen LogP contribution >= 0.6 is 23.5 Å². The molecule has 2 aromatic heterocycles. The maximum atomic E-state index is 13.8. The van der Waals surface area contributed by atoms with Crippen molar-refractivity contribution < 1.29 is 28.7 Å². The number of aromatic nitrogens is 4. The molecule has 2 bridgehead atoms. The lowest BCUT2D eigenvalue weighted by molar-refractivity contribution is -0.135. The molecule has 2 aliphatic heterocycles. The third kappa shape index (κ3) is 7.99. The number of amides is 4. The summed E-state index contributed by atoms with van der Waals surface area (Å²) in [7, 11) is 2.60. The molecule has 2 aromatic carbocycles. The molecule has 3 aliphatic carbocycles. The predicted molar refractivity (Wildman–Crippen MR) is 233 cm³/mol. The number of thioether (sulfide) groups is 2. The van der Waals surface area contributed by atoms with Crippen LogP contribution < -0.4 is 10.6 Å². The van der Waals surface area contributed by atoms with Gasteiger partial charge in [-0.05, 0) is 77.2 Å². The van der Waals surface area contributed by atoms with Gasteiger partial charge in [0.25, 0.3) is 0 Å². The van der Waals surface area contributed by atoms with Crippen LogP contribution in [-0.4, -0.2) is 105 Å². The number of carbonyl (C=O) groups is 4. The SMILES string of the molecule is COC(=O)N[C@H](C(=O)N1CCS[C@H]1c1ncc(-c2ccc(-c3ccc(-c4cnc([C@@H]5SCCN5C(=O)[C@@H](NC(=O)OC)C(C)C)[nH]4)c4c3C3CCC4CC3)cc2)[nH]1)C(C)C. The highest BCUT2D eigenvalue weighted by atomic mass is 32.2. The number of nitrogens with zero attached hydrogens (tertiary/aromatic N) is 4. The monoisotopic (exact) mass is 854 g/mol.